The zero-order valence-electron chi connectivity index (χ0n) is 22.9. The monoisotopic (exact) mass is 625 g/mol. The summed E-state index contributed by atoms with van der Waals surface area (Å²) in [6.45, 7) is 1.73. The number of benzene rings is 3. The molecule has 3 aromatic rings. The fourth-order valence-corrected chi connectivity index (χ4v) is 6.26. The molecule has 7 nitrogen and oxygen atoms in total. The van der Waals surface area contributed by atoms with Crippen molar-refractivity contribution in [1.82, 2.24) is 10.2 Å². The predicted octanol–water partition coefficient (Wildman–Crippen LogP) is 5.22. The molecule has 40 heavy (non-hydrogen) atoms. The highest BCUT2D eigenvalue weighted by Crippen LogP contribution is 2.23. The number of hydrogen-bond acceptors (Lipinski definition) is 4. The summed E-state index contributed by atoms with van der Waals surface area (Å²) in [5.41, 5.74) is 3.20. The molecular weight excluding hydrogens is 590 g/mol. The van der Waals surface area contributed by atoms with Crippen molar-refractivity contribution in [3.05, 3.63) is 100 Å². The first-order valence-electron chi connectivity index (χ1n) is 13.5. The minimum Gasteiger partial charge on any atom is -0.352 e. The summed E-state index contributed by atoms with van der Waals surface area (Å²) in [5, 5.41) is 3.18. The van der Waals surface area contributed by atoms with E-state index in [0.717, 1.165) is 57.4 Å². The van der Waals surface area contributed by atoms with Crippen molar-refractivity contribution >= 4 is 43.5 Å². The first-order chi connectivity index (χ1) is 19.1. The van der Waals surface area contributed by atoms with Gasteiger partial charge in [-0.15, -0.1) is 0 Å². The Hall–Kier alpha value is -3.17. The van der Waals surface area contributed by atoms with Gasteiger partial charge in [0, 0.05) is 23.5 Å². The van der Waals surface area contributed by atoms with Crippen LogP contribution in [0.2, 0.25) is 0 Å². The molecule has 1 saturated carbocycles. The number of carbonyl (C=O) groups excluding carboxylic acids is 2. The maximum absolute atomic E-state index is 14.1. The van der Waals surface area contributed by atoms with E-state index >= 15 is 0 Å². The smallest absolute Gasteiger partial charge is 0.244 e. The second kappa shape index (κ2) is 13.5. The Kier molecular flexibility index (Phi) is 10.0. The van der Waals surface area contributed by atoms with Gasteiger partial charge in [0.1, 0.15) is 12.6 Å². The molecule has 0 bridgehead atoms. The highest BCUT2D eigenvalue weighted by atomic mass is 79.9. The molecule has 0 radical (unpaired) electrons. The number of sulfonamides is 1. The number of rotatable bonds is 11. The van der Waals surface area contributed by atoms with E-state index in [1.165, 1.54) is 0 Å². The van der Waals surface area contributed by atoms with Crippen LogP contribution in [0, 0.1) is 6.92 Å². The second-order valence-electron chi connectivity index (χ2n) is 10.5. The SMILES string of the molecule is Cc1cccc(CN(C(=O)CN(c2ccc(Br)cc2)S(C)(=O)=O)[C@@H](Cc2ccccc2)C(=O)NC2CCCC2)c1. The maximum atomic E-state index is 14.1. The van der Waals surface area contributed by atoms with E-state index in [-0.39, 0.29) is 18.5 Å². The maximum Gasteiger partial charge on any atom is 0.244 e. The van der Waals surface area contributed by atoms with Crippen LogP contribution in [0.3, 0.4) is 0 Å². The van der Waals surface area contributed by atoms with E-state index in [0.29, 0.717) is 12.1 Å². The number of carbonyl (C=O) groups is 2. The zero-order chi connectivity index (χ0) is 28.7. The topological polar surface area (TPSA) is 86.8 Å². The molecule has 1 aliphatic rings. The highest BCUT2D eigenvalue weighted by Gasteiger charge is 2.34. The van der Waals surface area contributed by atoms with Crippen LogP contribution >= 0.6 is 15.9 Å². The number of aryl methyl sites for hydroxylation is 1. The molecule has 0 spiro atoms. The Balaban J connectivity index is 1.72. The van der Waals surface area contributed by atoms with Gasteiger partial charge < -0.3 is 10.2 Å². The number of hydrogen-bond donors (Lipinski definition) is 1. The van der Waals surface area contributed by atoms with Crippen LogP contribution in [-0.2, 0) is 32.6 Å². The van der Waals surface area contributed by atoms with Gasteiger partial charge in [-0.1, -0.05) is 88.9 Å². The fourth-order valence-electron chi connectivity index (χ4n) is 5.15. The Morgan fingerprint density at radius 3 is 2.23 bits per heavy atom. The Labute approximate surface area is 245 Å². The van der Waals surface area contributed by atoms with Crippen molar-refractivity contribution < 1.29 is 18.0 Å². The van der Waals surface area contributed by atoms with Crippen molar-refractivity contribution in [2.75, 3.05) is 17.1 Å². The fraction of sp³-hybridized carbons (Fsp3) is 0.355. The Morgan fingerprint density at radius 1 is 0.950 bits per heavy atom. The molecule has 1 N–H and O–H groups in total. The third-order valence-electron chi connectivity index (χ3n) is 7.20. The van der Waals surface area contributed by atoms with Crippen molar-refractivity contribution in [2.24, 2.45) is 0 Å². The molecule has 0 heterocycles. The third kappa shape index (κ3) is 8.17. The van der Waals surface area contributed by atoms with Gasteiger partial charge in [-0.25, -0.2) is 8.42 Å². The summed E-state index contributed by atoms with van der Waals surface area (Å²) in [5.74, 6) is -0.663. The minimum absolute atomic E-state index is 0.0805. The Morgan fingerprint density at radius 2 is 1.60 bits per heavy atom. The molecule has 9 heteroatoms. The lowest BCUT2D eigenvalue weighted by Crippen LogP contribution is -2.54. The van der Waals surface area contributed by atoms with Crippen LogP contribution in [-0.4, -0.2) is 50.0 Å². The molecule has 1 fully saturated rings. The molecule has 0 unspecified atom stereocenters. The summed E-state index contributed by atoms with van der Waals surface area (Å²) in [6.07, 6.45) is 5.37. The average Bonchev–Trinajstić information content (AvgIpc) is 3.43. The van der Waals surface area contributed by atoms with Gasteiger partial charge in [0.2, 0.25) is 21.8 Å². The third-order valence-corrected chi connectivity index (χ3v) is 8.87. The van der Waals surface area contributed by atoms with Crippen LogP contribution < -0.4 is 9.62 Å². The molecule has 2 amide bonds. The summed E-state index contributed by atoms with van der Waals surface area (Å²) in [4.78, 5) is 29.5. The minimum atomic E-state index is -3.79. The number of amides is 2. The number of nitrogens with zero attached hydrogens (tertiary/aromatic N) is 2. The van der Waals surface area contributed by atoms with E-state index in [4.69, 9.17) is 0 Å². The summed E-state index contributed by atoms with van der Waals surface area (Å²) < 4.78 is 27.6. The molecule has 212 valence electrons. The molecule has 3 aromatic carbocycles. The van der Waals surface area contributed by atoms with Crippen molar-refractivity contribution in [2.45, 2.75) is 57.7 Å². The predicted molar refractivity (Wildman–Crippen MR) is 162 cm³/mol. The number of halogens is 1. The van der Waals surface area contributed by atoms with E-state index in [1.54, 1.807) is 29.2 Å². The molecule has 0 aromatic heterocycles. The van der Waals surface area contributed by atoms with Gasteiger partial charge in [0.05, 0.1) is 11.9 Å². The Bertz CT molecular complexity index is 1410. The molecule has 0 aliphatic heterocycles. The molecule has 4 rings (SSSR count). The zero-order valence-corrected chi connectivity index (χ0v) is 25.3. The van der Waals surface area contributed by atoms with Crippen LogP contribution in [0.4, 0.5) is 5.69 Å². The first kappa shape index (κ1) is 29.8. The molecule has 1 aliphatic carbocycles. The second-order valence-corrected chi connectivity index (χ2v) is 13.3. The van der Waals surface area contributed by atoms with Gasteiger partial charge in [0.15, 0.2) is 0 Å². The highest BCUT2D eigenvalue weighted by molar-refractivity contribution is 9.10. The summed E-state index contributed by atoms with van der Waals surface area (Å²) >= 11 is 3.38. The van der Waals surface area contributed by atoms with Crippen molar-refractivity contribution in [3.63, 3.8) is 0 Å². The summed E-state index contributed by atoms with van der Waals surface area (Å²) in [7, 11) is -3.79. The molecule has 1 atom stereocenters. The van der Waals surface area contributed by atoms with Crippen molar-refractivity contribution in [1.29, 1.82) is 0 Å². The van der Waals surface area contributed by atoms with Gasteiger partial charge in [-0.3, -0.25) is 13.9 Å². The number of nitrogens with one attached hydrogen (secondary N) is 1. The number of anilines is 1. The standard InChI is InChI=1S/C31H36BrN3O4S/c1-23-9-8-12-25(19-23)21-34(30(36)22-35(40(2,38)39)28-17-15-26(32)16-18-28)29(20-24-10-4-3-5-11-24)31(37)33-27-13-6-7-14-27/h3-5,8-12,15-19,27,29H,6-7,13-14,20-22H2,1-2H3,(H,33,37)/t29-/m0/s1. The van der Waals surface area contributed by atoms with Gasteiger partial charge in [-0.05, 0) is 55.2 Å². The quantitative estimate of drug-likeness (QED) is 0.316. The lowest BCUT2D eigenvalue weighted by molar-refractivity contribution is -0.140. The van der Waals surface area contributed by atoms with Crippen LogP contribution in [0.15, 0.2) is 83.3 Å². The lowest BCUT2D eigenvalue weighted by Gasteiger charge is -2.34. The molecular formula is C31H36BrN3O4S. The summed E-state index contributed by atoms with van der Waals surface area (Å²) in [6, 6.07) is 23.4. The van der Waals surface area contributed by atoms with Crippen LogP contribution in [0.25, 0.3) is 0 Å². The van der Waals surface area contributed by atoms with Gasteiger partial charge in [0.25, 0.3) is 0 Å². The van der Waals surface area contributed by atoms with Crippen LogP contribution in [0.1, 0.15) is 42.4 Å². The van der Waals surface area contributed by atoms with Crippen molar-refractivity contribution in [3.8, 4) is 0 Å². The van der Waals surface area contributed by atoms with Gasteiger partial charge in [-0.2, -0.15) is 0 Å². The van der Waals surface area contributed by atoms with E-state index < -0.39 is 28.5 Å². The molecule has 0 saturated heterocycles. The van der Waals surface area contributed by atoms with E-state index in [2.05, 4.69) is 21.2 Å². The van der Waals surface area contributed by atoms with Crippen LogP contribution in [0.5, 0.6) is 0 Å². The average molecular weight is 627 g/mol. The normalized spacial score (nSPS) is 14.5. The van der Waals surface area contributed by atoms with Gasteiger partial charge >= 0.3 is 0 Å². The lowest BCUT2D eigenvalue weighted by atomic mass is 10.0. The first-order valence-corrected chi connectivity index (χ1v) is 16.2. The van der Waals surface area contributed by atoms with E-state index in [1.807, 2.05) is 61.5 Å². The largest absolute Gasteiger partial charge is 0.352 e. The van der Waals surface area contributed by atoms with E-state index in [9.17, 15) is 18.0 Å².